The van der Waals surface area contributed by atoms with Crippen molar-refractivity contribution in [3.05, 3.63) is 46.6 Å². The number of H-pyrrole nitrogens is 1. The van der Waals surface area contributed by atoms with Crippen LogP contribution in [0.4, 0.5) is 5.82 Å². The Morgan fingerprint density at radius 1 is 1.37 bits per heavy atom. The molecule has 2 heterocycles. The monoisotopic (exact) mass is 252 g/mol. The number of nitrogens with zero attached hydrogens (tertiary/aromatic N) is 2. The number of benzene rings is 1. The Labute approximate surface area is 107 Å². The molecule has 0 aliphatic heterocycles. The Morgan fingerprint density at radius 3 is 3.00 bits per heavy atom. The van der Waals surface area contributed by atoms with Gasteiger partial charge in [0, 0.05) is 11.8 Å². The average Bonchev–Trinajstić information content (AvgIpc) is 2.77. The van der Waals surface area contributed by atoms with Gasteiger partial charge in [-0.05, 0) is 23.8 Å². The molecule has 0 saturated heterocycles. The minimum Gasteiger partial charge on any atom is -0.408 e. The number of rotatable bonds is 1. The van der Waals surface area contributed by atoms with E-state index in [1.807, 2.05) is 6.07 Å². The highest BCUT2D eigenvalue weighted by Gasteiger charge is 2.10. The van der Waals surface area contributed by atoms with Crippen molar-refractivity contribution in [2.45, 2.75) is 0 Å². The van der Waals surface area contributed by atoms with Gasteiger partial charge in [0.25, 0.3) is 0 Å². The van der Waals surface area contributed by atoms with Gasteiger partial charge < -0.3 is 10.2 Å². The summed E-state index contributed by atoms with van der Waals surface area (Å²) in [6, 6.07) is 8.89. The van der Waals surface area contributed by atoms with Gasteiger partial charge in [0.05, 0.1) is 5.52 Å². The topological polar surface area (TPSA) is 109 Å². The number of aromatic amines is 1. The van der Waals surface area contributed by atoms with Crippen LogP contribution in [0.15, 0.2) is 39.7 Å². The van der Waals surface area contributed by atoms with E-state index in [-0.39, 0.29) is 5.82 Å². The molecule has 0 radical (unpaired) electrons. The summed E-state index contributed by atoms with van der Waals surface area (Å²) < 4.78 is 4.93. The number of nitriles is 1. The molecular weight excluding hydrogens is 244 g/mol. The molecule has 0 saturated carbocycles. The van der Waals surface area contributed by atoms with Crippen molar-refractivity contribution >= 4 is 16.9 Å². The van der Waals surface area contributed by atoms with E-state index >= 15 is 0 Å². The van der Waals surface area contributed by atoms with Crippen LogP contribution >= 0.6 is 0 Å². The van der Waals surface area contributed by atoms with Crippen LogP contribution in [-0.4, -0.2) is 9.97 Å². The molecule has 3 aromatic rings. The Morgan fingerprint density at radius 2 is 2.21 bits per heavy atom. The van der Waals surface area contributed by atoms with Gasteiger partial charge in [-0.25, -0.2) is 9.78 Å². The molecule has 92 valence electrons. The summed E-state index contributed by atoms with van der Waals surface area (Å²) in [7, 11) is 0. The van der Waals surface area contributed by atoms with Crippen LogP contribution in [0, 0.1) is 11.3 Å². The summed E-state index contributed by atoms with van der Waals surface area (Å²) in [5.41, 5.74) is 8.45. The van der Waals surface area contributed by atoms with Crippen LogP contribution in [-0.2, 0) is 0 Å². The molecule has 3 N–H and O–H groups in total. The van der Waals surface area contributed by atoms with E-state index in [0.717, 1.165) is 5.56 Å². The Bertz CT molecular complexity index is 870. The number of pyridine rings is 1. The van der Waals surface area contributed by atoms with Crippen molar-refractivity contribution < 1.29 is 4.42 Å². The number of nitrogen functional groups attached to an aromatic ring is 1. The average molecular weight is 252 g/mol. The summed E-state index contributed by atoms with van der Waals surface area (Å²) in [6.45, 7) is 0. The van der Waals surface area contributed by atoms with Gasteiger partial charge in [0.1, 0.15) is 17.5 Å². The highest BCUT2D eigenvalue weighted by Crippen LogP contribution is 2.27. The maximum atomic E-state index is 11.1. The first-order valence-corrected chi connectivity index (χ1v) is 5.47. The van der Waals surface area contributed by atoms with E-state index in [2.05, 4.69) is 9.97 Å². The molecule has 6 heteroatoms. The van der Waals surface area contributed by atoms with Crippen molar-refractivity contribution in [2.24, 2.45) is 0 Å². The first-order valence-electron chi connectivity index (χ1n) is 5.47. The van der Waals surface area contributed by atoms with E-state index in [0.29, 0.717) is 22.2 Å². The molecule has 0 aliphatic carbocycles. The predicted octanol–water partition coefficient (Wildman–Crippen LogP) is 1.64. The lowest BCUT2D eigenvalue weighted by molar-refractivity contribution is 0.555. The third kappa shape index (κ3) is 1.73. The van der Waals surface area contributed by atoms with Gasteiger partial charge in [-0.1, -0.05) is 6.07 Å². The fourth-order valence-electron chi connectivity index (χ4n) is 1.96. The van der Waals surface area contributed by atoms with Crippen LogP contribution in [0.1, 0.15) is 5.56 Å². The number of hydrogen-bond donors (Lipinski definition) is 2. The largest absolute Gasteiger partial charge is 0.417 e. The number of hydrogen-bond acceptors (Lipinski definition) is 5. The maximum Gasteiger partial charge on any atom is 0.417 e. The lowest BCUT2D eigenvalue weighted by atomic mass is 10.0. The SMILES string of the molecule is N#Cc1c(-c2ccc3oc(=O)[nH]c3c2)ccnc1N. The first-order chi connectivity index (χ1) is 9.19. The number of anilines is 1. The summed E-state index contributed by atoms with van der Waals surface area (Å²) in [4.78, 5) is 17.6. The predicted molar refractivity (Wildman–Crippen MR) is 69.2 cm³/mol. The lowest BCUT2D eigenvalue weighted by Crippen LogP contribution is -1.96. The normalized spacial score (nSPS) is 10.5. The van der Waals surface area contributed by atoms with Crippen LogP contribution in [0.2, 0.25) is 0 Å². The quantitative estimate of drug-likeness (QED) is 0.684. The molecule has 3 rings (SSSR count). The lowest BCUT2D eigenvalue weighted by Gasteiger charge is -2.05. The van der Waals surface area contributed by atoms with Gasteiger partial charge in [0.2, 0.25) is 0 Å². The number of oxazole rings is 1. The summed E-state index contributed by atoms with van der Waals surface area (Å²) >= 11 is 0. The molecule has 0 spiro atoms. The van der Waals surface area contributed by atoms with E-state index in [1.165, 1.54) is 6.20 Å². The molecule has 19 heavy (non-hydrogen) atoms. The molecule has 0 amide bonds. The second kappa shape index (κ2) is 3.99. The third-order valence-electron chi connectivity index (χ3n) is 2.82. The molecule has 0 aliphatic rings. The smallest absolute Gasteiger partial charge is 0.408 e. The molecular formula is C13H8N4O2. The molecule has 6 nitrogen and oxygen atoms in total. The van der Waals surface area contributed by atoms with E-state index < -0.39 is 5.76 Å². The second-order valence-electron chi connectivity index (χ2n) is 3.96. The van der Waals surface area contributed by atoms with Gasteiger partial charge in [-0.15, -0.1) is 0 Å². The Balaban J connectivity index is 2.27. The van der Waals surface area contributed by atoms with Crippen molar-refractivity contribution in [3.8, 4) is 17.2 Å². The van der Waals surface area contributed by atoms with Gasteiger partial charge in [-0.2, -0.15) is 5.26 Å². The molecule has 0 bridgehead atoms. The standard InChI is InChI=1S/C13H8N4O2/c14-6-9-8(3-4-16-12(9)15)7-1-2-11-10(5-7)17-13(18)19-11/h1-5H,(H2,15,16)(H,17,18). The highest BCUT2D eigenvalue weighted by molar-refractivity contribution is 5.83. The zero-order valence-electron chi connectivity index (χ0n) is 9.68. The Kier molecular flexibility index (Phi) is 2.32. The summed E-state index contributed by atoms with van der Waals surface area (Å²) in [5, 5.41) is 9.13. The molecule has 0 atom stereocenters. The van der Waals surface area contributed by atoms with Crippen LogP contribution in [0.3, 0.4) is 0 Å². The van der Waals surface area contributed by atoms with Gasteiger partial charge in [-0.3, -0.25) is 4.98 Å². The Hall–Kier alpha value is -3.07. The van der Waals surface area contributed by atoms with Gasteiger partial charge >= 0.3 is 5.76 Å². The fourth-order valence-corrected chi connectivity index (χ4v) is 1.96. The molecule has 0 fully saturated rings. The molecule has 2 aromatic heterocycles. The molecule has 0 unspecified atom stereocenters. The minimum absolute atomic E-state index is 0.181. The fraction of sp³-hybridized carbons (Fsp3) is 0. The number of aromatic nitrogens is 2. The van der Waals surface area contributed by atoms with Crippen molar-refractivity contribution in [1.82, 2.24) is 9.97 Å². The van der Waals surface area contributed by atoms with Crippen molar-refractivity contribution in [3.63, 3.8) is 0 Å². The van der Waals surface area contributed by atoms with E-state index in [1.54, 1.807) is 24.3 Å². The summed E-state index contributed by atoms with van der Waals surface area (Å²) in [5.74, 6) is -0.331. The maximum absolute atomic E-state index is 11.1. The number of fused-ring (bicyclic) bond motifs is 1. The van der Waals surface area contributed by atoms with Crippen molar-refractivity contribution in [2.75, 3.05) is 5.73 Å². The zero-order chi connectivity index (χ0) is 13.4. The minimum atomic E-state index is -0.512. The number of nitrogens with one attached hydrogen (secondary N) is 1. The first kappa shape index (κ1) is 11.0. The van der Waals surface area contributed by atoms with Crippen LogP contribution in [0.25, 0.3) is 22.2 Å². The van der Waals surface area contributed by atoms with E-state index in [9.17, 15) is 4.79 Å². The molecule has 1 aromatic carbocycles. The van der Waals surface area contributed by atoms with Gasteiger partial charge in [0.15, 0.2) is 5.58 Å². The van der Waals surface area contributed by atoms with Crippen molar-refractivity contribution in [1.29, 1.82) is 5.26 Å². The summed E-state index contributed by atoms with van der Waals surface area (Å²) in [6.07, 6.45) is 1.54. The third-order valence-corrected chi connectivity index (χ3v) is 2.82. The zero-order valence-corrected chi connectivity index (χ0v) is 9.68. The van der Waals surface area contributed by atoms with Crippen LogP contribution in [0.5, 0.6) is 0 Å². The number of nitrogens with two attached hydrogens (primary N) is 1. The second-order valence-corrected chi connectivity index (χ2v) is 3.96. The van der Waals surface area contributed by atoms with E-state index in [4.69, 9.17) is 15.4 Å². The van der Waals surface area contributed by atoms with Crippen LogP contribution < -0.4 is 11.5 Å². The highest BCUT2D eigenvalue weighted by atomic mass is 16.4.